The number of hydrogen-bond donors (Lipinski definition) is 0. The fourth-order valence-corrected chi connectivity index (χ4v) is 2.63. The van der Waals surface area contributed by atoms with E-state index in [-0.39, 0.29) is 0 Å². The summed E-state index contributed by atoms with van der Waals surface area (Å²) in [5.41, 5.74) is 4.71. The van der Waals surface area contributed by atoms with Crippen LogP contribution in [0, 0.1) is 0 Å². The van der Waals surface area contributed by atoms with Gasteiger partial charge in [-0.3, -0.25) is 9.98 Å². The Labute approximate surface area is 137 Å². The molecule has 0 aliphatic carbocycles. The summed E-state index contributed by atoms with van der Waals surface area (Å²) in [5, 5.41) is 0. The van der Waals surface area contributed by atoms with Crippen LogP contribution in [0.25, 0.3) is 6.08 Å². The van der Waals surface area contributed by atoms with Crippen molar-refractivity contribution in [3.8, 4) is 5.75 Å². The molecule has 23 heavy (non-hydrogen) atoms. The van der Waals surface area contributed by atoms with E-state index in [0.29, 0.717) is 0 Å². The summed E-state index contributed by atoms with van der Waals surface area (Å²) in [5.74, 6) is 0.969. The third-order valence-corrected chi connectivity index (χ3v) is 3.92. The Hall–Kier alpha value is -2.42. The largest absolute Gasteiger partial charge is 0.494 e. The molecule has 0 bridgehead atoms. The predicted molar refractivity (Wildman–Crippen MR) is 95.2 cm³/mol. The molecule has 2 heterocycles. The van der Waals surface area contributed by atoms with Gasteiger partial charge in [0.05, 0.1) is 12.3 Å². The lowest BCUT2D eigenvalue weighted by atomic mass is 9.96. The molecule has 0 unspecified atom stereocenters. The van der Waals surface area contributed by atoms with Gasteiger partial charge in [-0.1, -0.05) is 19.4 Å². The second-order valence-corrected chi connectivity index (χ2v) is 5.65. The van der Waals surface area contributed by atoms with Crippen molar-refractivity contribution in [3.05, 3.63) is 65.5 Å². The Morgan fingerprint density at radius 1 is 1.13 bits per heavy atom. The Balaban J connectivity index is 1.76. The number of aliphatic imine (C=N–C) groups is 1. The van der Waals surface area contributed by atoms with Gasteiger partial charge in [0, 0.05) is 24.5 Å². The van der Waals surface area contributed by atoms with Gasteiger partial charge in [-0.25, -0.2) is 0 Å². The molecule has 1 aromatic heterocycles. The van der Waals surface area contributed by atoms with Crippen LogP contribution in [-0.2, 0) is 6.42 Å². The summed E-state index contributed by atoms with van der Waals surface area (Å²) in [6.45, 7) is 3.80. The zero-order valence-corrected chi connectivity index (χ0v) is 13.5. The number of fused-ring (bicyclic) bond motifs is 1. The summed E-state index contributed by atoms with van der Waals surface area (Å²) in [6, 6.07) is 10.3. The summed E-state index contributed by atoms with van der Waals surface area (Å²) in [4.78, 5) is 8.70. The number of pyridine rings is 1. The molecule has 3 heteroatoms. The fraction of sp³-hybridized carbons (Fsp3) is 0.300. The van der Waals surface area contributed by atoms with E-state index in [9.17, 15) is 0 Å². The lowest BCUT2D eigenvalue weighted by Gasteiger charge is -2.16. The van der Waals surface area contributed by atoms with Gasteiger partial charge >= 0.3 is 0 Å². The Morgan fingerprint density at radius 2 is 2.00 bits per heavy atom. The van der Waals surface area contributed by atoms with Crippen molar-refractivity contribution in [2.75, 3.05) is 13.2 Å². The van der Waals surface area contributed by atoms with Gasteiger partial charge in [0.15, 0.2) is 0 Å². The van der Waals surface area contributed by atoms with Crippen LogP contribution in [0.5, 0.6) is 5.75 Å². The third-order valence-electron chi connectivity index (χ3n) is 3.92. The lowest BCUT2D eigenvalue weighted by molar-refractivity contribution is 0.309. The molecule has 0 amide bonds. The molecule has 0 radical (unpaired) electrons. The number of ether oxygens (including phenoxy) is 1. The second kappa shape index (κ2) is 7.73. The lowest BCUT2D eigenvalue weighted by Crippen LogP contribution is -2.11. The molecular formula is C20H22N2O. The summed E-state index contributed by atoms with van der Waals surface area (Å²) < 4.78 is 5.81. The zero-order valence-electron chi connectivity index (χ0n) is 13.5. The molecule has 0 saturated carbocycles. The number of rotatable bonds is 6. The maximum absolute atomic E-state index is 5.81. The van der Waals surface area contributed by atoms with E-state index in [4.69, 9.17) is 4.74 Å². The first-order chi connectivity index (χ1) is 11.4. The van der Waals surface area contributed by atoms with Crippen molar-refractivity contribution < 1.29 is 4.74 Å². The van der Waals surface area contributed by atoms with E-state index in [2.05, 4.69) is 47.3 Å². The maximum Gasteiger partial charge on any atom is 0.119 e. The highest BCUT2D eigenvalue weighted by Gasteiger charge is 2.13. The molecule has 0 spiro atoms. The first-order valence-electron chi connectivity index (χ1n) is 8.25. The summed E-state index contributed by atoms with van der Waals surface area (Å²) in [7, 11) is 0. The van der Waals surface area contributed by atoms with Gasteiger partial charge in [0.1, 0.15) is 5.75 Å². The smallest absolute Gasteiger partial charge is 0.119 e. The van der Waals surface area contributed by atoms with Crippen molar-refractivity contribution in [1.82, 2.24) is 4.98 Å². The molecule has 0 fully saturated rings. The third kappa shape index (κ3) is 4.07. The van der Waals surface area contributed by atoms with Gasteiger partial charge in [-0.05, 0) is 60.4 Å². The Morgan fingerprint density at radius 3 is 2.83 bits per heavy atom. The molecule has 3 nitrogen and oxygen atoms in total. The molecule has 2 aromatic rings. The van der Waals surface area contributed by atoms with Gasteiger partial charge in [0.2, 0.25) is 0 Å². The van der Waals surface area contributed by atoms with Crippen LogP contribution in [0.4, 0.5) is 0 Å². The number of unbranched alkanes of at least 4 members (excludes halogenated alkanes) is 1. The second-order valence-electron chi connectivity index (χ2n) is 5.65. The number of allylic oxidation sites excluding steroid dienone is 1. The number of aromatic nitrogens is 1. The first-order valence-corrected chi connectivity index (χ1v) is 8.25. The van der Waals surface area contributed by atoms with Crippen LogP contribution in [0.15, 0.2) is 53.8 Å². The van der Waals surface area contributed by atoms with Crippen LogP contribution in [-0.4, -0.2) is 23.8 Å². The van der Waals surface area contributed by atoms with Crippen LogP contribution >= 0.6 is 0 Å². The molecule has 0 N–H and O–H groups in total. The fourth-order valence-electron chi connectivity index (χ4n) is 2.63. The molecular weight excluding hydrogens is 284 g/mol. The van der Waals surface area contributed by atoms with E-state index in [0.717, 1.165) is 49.4 Å². The number of benzene rings is 1. The quantitative estimate of drug-likeness (QED) is 0.745. The number of nitrogens with zero attached hydrogens (tertiary/aromatic N) is 2. The highest BCUT2D eigenvalue weighted by Crippen LogP contribution is 2.23. The predicted octanol–water partition coefficient (Wildman–Crippen LogP) is 4.32. The van der Waals surface area contributed by atoms with Crippen LogP contribution in [0.3, 0.4) is 0 Å². The first kappa shape index (κ1) is 15.5. The molecule has 1 aromatic carbocycles. The highest BCUT2D eigenvalue weighted by molar-refractivity contribution is 6.12. The minimum absolute atomic E-state index is 0.790. The van der Waals surface area contributed by atoms with E-state index >= 15 is 0 Å². The molecule has 1 aliphatic heterocycles. The summed E-state index contributed by atoms with van der Waals surface area (Å²) in [6.07, 6.45) is 11.0. The zero-order chi connectivity index (χ0) is 15.9. The van der Waals surface area contributed by atoms with Crippen molar-refractivity contribution >= 4 is 11.8 Å². The Bertz CT molecular complexity index is 705. The average molecular weight is 306 g/mol. The van der Waals surface area contributed by atoms with Crippen LogP contribution in [0.2, 0.25) is 0 Å². The van der Waals surface area contributed by atoms with Crippen molar-refractivity contribution in [3.63, 3.8) is 0 Å². The van der Waals surface area contributed by atoms with Crippen molar-refractivity contribution in [1.29, 1.82) is 0 Å². The molecule has 118 valence electrons. The van der Waals surface area contributed by atoms with Crippen LogP contribution in [0.1, 0.15) is 36.5 Å². The van der Waals surface area contributed by atoms with E-state index < -0.39 is 0 Å². The highest BCUT2D eigenvalue weighted by atomic mass is 16.5. The van der Waals surface area contributed by atoms with Gasteiger partial charge in [-0.15, -0.1) is 0 Å². The topological polar surface area (TPSA) is 34.5 Å². The Kier molecular flexibility index (Phi) is 5.20. The molecule has 0 atom stereocenters. The monoisotopic (exact) mass is 306 g/mol. The van der Waals surface area contributed by atoms with Gasteiger partial charge < -0.3 is 4.74 Å². The number of hydrogen-bond acceptors (Lipinski definition) is 3. The SMILES string of the molecule is CCCCOc1ccc2c(c1)CCN=C2/C=C/c1ccncc1. The maximum atomic E-state index is 5.81. The normalized spacial score (nSPS) is 13.7. The van der Waals surface area contributed by atoms with E-state index in [1.807, 2.05) is 12.1 Å². The van der Waals surface area contributed by atoms with E-state index in [1.54, 1.807) is 12.4 Å². The van der Waals surface area contributed by atoms with E-state index in [1.165, 1.54) is 11.1 Å². The molecule has 1 aliphatic rings. The van der Waals surface area contributed by atoms with Crippen molar-refractivity contribution in [2.45, 2.75) is 26.2 Å². The van der Waals surface area contributed by atoms with Gasteiger partial charge in [0.25, 0.3) is 0 Å². The average Bonchev–Trinajstić information content (AvgIpc) is 2.61. The van der Waals surface area contributed by atoms with Crippen molar-refractivity contribution in [2.24, 2.45) is 4.99 Å². The minimum Gasteiger partial charge on any atom is -0.494 e. The van der Waals surface area contributed by atoms with Gasteiger partial charge in [-0.2, -0.15) is 0 Å². The van der Waals surface area contributed by atoms with Crippen LogP contribution < -0.4 is 4.74 Å². The molecule has 3 rings (SSSR count). The standard InChI is InChI=1S/C20H22N2O/c1-2-3-14-23-18-5-6-19-17(15-18)10-13-22-20(19)7-4-16-8-11-21-12-9-16/h4-9,11-12,15H,2-3,10,13-14H2,1H3/b7-4+. The molecule has 0 saturated heterocycles. The minimum atomic E-state index is 0.790. The summed E-state index contributed by atoms with van der Waals surface area (Å²) >= 11 is 0.